The van der Waals surface area contributed by atoms with Crippen LogP contribution in [0.2, 0.25) is 0 Å². The Labute approximate surface area is 182 Å². The maximum Gasteiger partial charge on any atom is 0.323 e. The molecular formula is C23H29N5O3. The minimum atomic E-state index is -0.363. The van der Waals surface area contributed by atoms with E-state index in [9.17, 15) is 14.4 Å². The van der Waals surface area contributed by atoms with Crippen LogP contribution in [0.1, 0.15) is 31.7 Å². The molecule has 1 atom stereocenters. The van der Waals surface area contributed by atoms with Crippen LogP contribution < -0.4 is 21.3 Å². The molecule has 31 heavy (non-hydrogen) atoms. The van der Waals surface area contributed by atoms with Crippen molar-refractivity contribution in [2.75, 3.05) is 29.0 Å². The number of amides is 5. The van der Waals surface area contributed by atoms with E-state index in [0.717, 1.165) is 18.4 Å². The van der Waals surface area contributed by atoms with Crippen LogP contribution >= 0.6 is 0 Å². The van der Waals surface area contributed by atoms with Gasteiger partial charge in [-0.05, 0) is 49.6 Å². The summed E-state index contributed by atoms with van der Waals surface area (Å²) < 4.78 is 0. The van der Waals surface area contributed by atoms with Crippen molar-refractivity contribution >= 4 is 35.0 Å². The highest BCUT2D eigenvalue weighted by Gasteiger charge is 2.24. The number of aryl methyl sites for hydroxylation is 1. The molecule has 1 saturated heterocycles. The molecule has 0 saturated carbocycles. The lowest BCUT2D eigenvalue weighted by Crippen LogP contribution is -2.50. The largest absolute Gasteiger partial charge is 0.352 e. The first-order chi connectivity index (χ1) is 14.9. The van der Waals surface area contributed by atoms with Gasteiger partial charge in [0.05, 0.1) is 0 Å². The molecule has 8 nitrogen and oxygen atoms in total. The van der Waals surface area contributed by atoms with Gasteiger partial charge in [-0.3, -0.25) is 4.79 Å². The third kappa shape index (κ3) is 6.47. The predicted molar refractivity (Wildman–Crippen MR) is 122 cm³/mol. The molecule has 1 unspecified atom stereocenters. The highest BCUT2D eigenvalue weighted by Crippen LogP contribution is 2.22. The Kier molecular flexibility index (Phi) is 7.48. The van der Waals surface area contributed by atoms with Crippen molar-refractivity contribution in [3.8, 4) is 0 Å². The van der Waals surface area contributed by atoms with Gasteiger partial charge in [-0.1, -0.05) is 31.2 Å². The first-order valence-electron chi connectivity index (χ1n) is 10.5. The summed E-state index contributed by atoms with van der Waals surface area (Å²) in [6.45, 7) is 4.82. The number of rotatable bonds is 5. The van der Waals surface area contributed by atoms with Crippen LogP contribution in [0.3, 0.4) is 0 Å². The summed E-state index contributed by atoms with van der Waals surface area (Å²) in [7, 11) is 0. The zero-order chi connectivity index (χ0) is 22.2. The normalized spacial score (nSPS) is 15.7. The Morgan fingerprint density at radius 1 is 1.00 bits per heavy atom. The first-order valence-corrected chi connectivity index (χ1v) is 10.5. The minimum Gasteiger partial charge on any atom is -0.352 e. The van der Waals surface area contributed by atoms with Gasteiger partial charge < -0.3 is 26.2 Å². The second-order valence-electron chi connectivity index (χ2n) is 7.61. The summed E-state index contributed by atoms with van der Waals surface area (Å²) in [6, 6.07) is 13.9. The van der Waals surface area contributed by atoms with Crippen LogP contribution in [-0.4, -0.2) is 42.0 Å². The van der Waals surface area contributed by atoms with Crippen molar-refractivity contribution in [2.45, 2.75) is 39.2 Å². The first kappa shape index (κ1) is 22.1. The van der Waals surface area contributed by atoms with Crippen molar-refractivity contribution in [1.82, 2.24) is 10.2 Å². The van der Waals surface area contributed by atoms with Gasteiger partial charge in [0.25, 0.3) is 0 Å². The molecule has 8 heteroatoms. The third-order valence-electron chi connectivity index (χ3n) is 5.16. The number of carbonyl (C=O) groups is 3. The number of carbonyl (C=O) groups excluding carboxylic acids is 3. The second kappa shape index (κ2) is 10.5. The molecule has 1 heterocycles. The molecule has 0 radical (unpaired) electrons. The summed E-state index contributed by atoms with van der Waals surface area (Å²) >= 11 is 0. The van der Waals surface area contributed by atoms with Gasteiger partial charge in [-0.25, -0.2) is 9.59 Å². The molecule has 1 fully saturated rings. The number of nitrogens with zero attached hydrogens (tertiary/aromatic N) is 1. The molecule has 5 amide bonds. The van der Waals surface area contributed by atoms with E-state index < -0.39 is 0 Å². The van der Waals surface area contributed by atoms with Crippen LogP contribution in [-0.2, 0) is 4.79 Å². The van der Waals surface area contributed by atoms with Crippen LogP contribution in [0.25, 0.3) is 0 Å². The lowest BCUT2D eigenvalue weighted by atomic mass is 10.1. The summed E-state index contributed by atoms with van der Waals surface area (Å²) in [4.78, 5) is 38.4. The van der Waals surface area contributed by atoms with E-state index in [2.05, 4.69) is 21.3 Å². The number of hydrogen-bond acceptors (Lipinski definition) is 3. The topological polar surface area (TPSA) is 103 Å². The number of para-hydroxylation sites is 1. The molecule has 0 spiro atoms. The summed E-state index contributed by atoms with van der Waals surface area (Å²) in [5, 5.41) is 11.4. The van der Waals surface area contributed by atoms with Gasteiger partial charge in [0.1, 0.15) is 0 Å². The van der Waals surface area contributed by atoms with Crippen LogP contribution in [0.4, 0.5) is 26.7 Å². The molecule has 0 aliphatic carbocycles. The molecule has 4 N–H and O–H groups in total. The van der Waals surface area contributed by atoms with E-state index in [-0.39, 0.29) is 24.0 Å². The maximum absolute atomic E-state index is 12.8. The van der Waals surface area contributed by atoms with E-state index >= 15 is 0 Å². The van der Waals surface area contributed by atoms with E-state index in [1.54, 1.807) is 29.2 Å². The zero-order valence-corrected chi connectivity index (χ0v) is 17.9. The number of hydrogen-bond donors (Lipinski definition) is 4. The monoisotopic (exact) mass is 423 g/mol. The molecule has 3 rings (SSSR count). The number of nitrogens with one attached hydrogen (secondary N) is 4. The third-order valence-corrected chi connectivity index (χ3v) is 5.16. The maximum atomic E-state index is 12.8. The molecular weight excluding hydrogens is 394 g/mol. The summed E-state index contributed by atoms with van der Waals surface area (Å²) in [5.41, 5.74) is 2.77. The fraction of sp³-hybridized carbons (Fsp3) is 0.348. The van der Waals surface area contributed by atoms with Crippen molar-refractivity contribution < 1.29 is 14.4 Å². The Hall–Kier alpha value is -3.55. The lowest BCUT2D eigenvalue weighted by molar-refractivity contribution is -0.121. The molecule has 1 aliphatic rings. The number of likely N-dealkylation sites (tertiary alicyclic amines) is 1. The zero-order valence-electron chi connectivity index (χ0n) is 17.9. The highest BCUT2D eigenvalue weighted by molar-refractivity contribution is 6.00. The Bertz CT molecular complexity index is 932. The predicted octanol–water partition coefficient (Wildman–Crippen LogP) is 4.16. The molecule has 164 valence electrons. The Morgan fingerprint density at radius 3 is 2.48 bits per heavy atom. The van der Waals surface area contributed by atoms with Gasteiger partial charge in [-0.2, -0.15) is 0 Å². The number of benzene rings is 2. The molecule has 1 aliphatic heterocycles. The van der Waals surface area contributed by atoms with Gasteiger partial charge in [0.15, 0.2) is 0 Å². The van der Waals surface area contributed by atoms with Crippen molar-refractivity contribution in [3.63, 3.8) is 0 Å². The Balaban J connectivity index is 1.60. The smallest absolute Gasteiger partial charge is 0.323 e. The second-order valence-corrected chi connectivity index (χ2v) is 7.61. The van der Waals surface area contributed by atoms with Gasteiger partial charge in [-0.15, -0.1) is 0 Å². The average molecular weight is 424 g/mol. The average Bonchev–Trinajstić information content (AvgIpc) is 2.76. The quantitative estimate of drug-likeness (QED) is 0.581. The molecule has 0 aromatic heterocycles. The fourth-order valence-corrected chi connectivity index (χ4v) is 3.45. The lowest BCUT2D eigenvalue weighted by Gasteiger charge is -2.33. The van der Waals surface area contributed by atoms with Crippen LogP contribution in [0.15, 0.2) is 48.5 Å². The Morgan fingerprint density at radius 2 is 1.74 bits per heavy atom. The van der Waals surface area contributed by atoms with E-state index in [0.29, 0.717) is 36.6 Å². The van der Waals surface area contributed by atoms with Gasteiger partial charge in [0, 0.05) is 42.6 Å². The highest BCUT2D eigenvalue weighted by atomic mass is 16.2. The number of urea groups is 2. The van der Waals surface area contributed by atoms with Crippen molar-refractivity contribution in [1.29, 1.82) is 0 Å². The fourth-order valence-electron chi connectivity index (χ4n) is 3.45. The van der Waals surface area contributed by atoms with E-state index in [1.807, 2.05) is 38.1 Å². The van der Waals surface area contributed by atoms with Gasteiger partial charge in [0.2, 0.25) is 5.91 Å². The summed E-state index contributed by atoms with van der Waals surface area (Å²) in [5.74, 6) is -0.00402. The van der Waals surface area contributed by atoms with Gasteiger partial charge >= 0.3 is 12.1 Å². The van der Waals surface area contributed by atoms with E-state index in [4.69, 9.17) is 0 Å². The van der Waals surface area contributed by atoms with E-state index in [1.165, 1.54) is 0 Å². The molecule has 2 aromatic carbocycles. The number of anilines is 3. The SMILES string of the molecule is CCC(=O)NC1CCCN(C(=O)Nc2cc(NC(=O)Nc3ccccc3)ccc2C)C1. The molecule has 2 aromatic rings. The van der Waals surface area contributed by atoms with Crippen LogP contribution in [0, 0.1) is 6.92 Å². The van der Waals surface area contributed by atoms with Crippen LogP contribution in [0.5, 0.6) is 0 Å². The standard InChI is InChI=1S/C23H29N5O3/c1-3-21(29)24-19-10-7-13-28(15-19)23(31)27-20-14-18(12-11-16(20)2)26-22(30)25-17-8-5-4-6-9-17/h4-6,8-9,11-12,14,19H,3,7,10,13,15H2,1-2H3,(H,24,29)(H,27,31)(H2,25,26,30). The summed E-state index contributed by atoms with van der Waals surface area (Å²) in [6.07, 6.45) is 2.13. The minimum absolute atomic E-state index is 0.00402. The van der Waals surface area contributed by atoms with Crippen molar-refractivity contribution in [2.24, 2.45) is 0 Å². The number of piperidine rings is 1. The molecule has 0 bridgehead atoms. The van der Waals surface area contributed by atoms with Crippen molar-refractivity contribution in [3.05, 3.63) is 54.1 Å².